The van der Waals surface area contributed by atoms with Crippen LogP contribution in [0.15, 0.2) is 42.6 Å². The van der Waals surface area contributed by atoms with Crippen molar-refractivity contribution in [2.75, 3.05) is 5.32 Å². The van der Waals surface area contributed by atoms with Gasteiger partial charge in [-0.3, -0.25) is 9.78 Å². The van der Waals surface area contributed by atoms with Crippen LogP contribution in [0.2, 0.25) is 5.02 Å². The number of carbonyl (C=O) groups is 1. The number of hydrogen-bond donors (Lipinski definition) is 1. The molecule has 1 aromatic carbocycles. The standard InChI is InChI=1S/C13H9ClF2N2O2/c14-8-5-6-17-11(7-8)12(19)18-9-1-3-10(4-2-9)20-13(15)16/h1-7,13H,(H,18,19). The third-order valence-corrected chi connectivity index (χ3v) is 2.53. The normalized spacial score (nSPS) is 10.4. The van der Waals surface area contributed by atoms with E-state index in [-0.39, 0.29) is 11.4 Å². The van der Waals surface area contributed by atoms with Crippen molar-refractivity contribution in [1.82, 2.24) is 4.98 Å². The van der Waals surface area contributed by atoms with E-state index in [0.29, 0.717) is 10.7 Å². The summed E-state index contributed by atoms with van der Waals surface area (Å²) in [6.45, 7) is -2.88. The maximum absolute atomic E-state index is 12.0. The van der Waals surface area contributed by atoms with Crippen LogP contribution >= 0.6 is 11.6 Å². The first-order valence-corrected chi connectivity index (χ1v) is 5.90. The smallest absolute Gasteiger partial charge is 0.387 e. The number of aromatic nitrogens is 1. The van der Waals surface area contributed by atoms with Gasteiger partial charge in [0.1, 0.15) is 11.4 Å². The van der Waals surface area contributed by atoms with Gasteiger partial charge in [0.15, 0.2) is 0 Å². The Morgan fingerprint density at radius 2 is 1.95 bits per heavy atom. The molecule has 7 heteroatoms. The molecule has 0 spiro atoms. The maximum Gasteiger partial charge on any atom is 0.387 e. The number of rotatable bonds is 4. The summed E-state index contributed by atoms with van der Waals surface area (Å²) in [7, 11) is 0. The zero-order valence-corrected chi connectivity index (χ0v) is 10.8. The van der Waals surface area contributed by atoms with E-state index in [0.717, 1.165) is 0 Å². The molecule has 4 nitrogen and oxygen atoms in total. The zero-order valence-electron chi connectivity index (χ0n) is 10.0. The van der Waals surface area contributed by atoms with Gasteiger partial charge in [0, 0.05) is 16.9 Å². The number of benzene rings is 1. The van der Waals surface area contributed by atoms with Gasteiger partial charge in [-0.2, -0.15) is 8.78 Å². The van der Waals surface area contributed by atoms with E-state index in [4.69, 9.17) is 11.6 Å². The first-order chi connectivity index (χ1) is 9.54. The molecule has 1 amide bonds. The summed E-state index contributed by atoms with van der Waals surface area (Å²) in [6.07, 6.45) is 1.41. The lowest BCUT2D eigenvalue weighted by Crippen LogP contribution is -2.13. The molecular formula is C13H9ClF2N2O2. The molecule has 0 aliphatic heterocycles. The highest BCUT2D eigenvalue weighted by atomic mass is 35.5. The van der Waals surface area contributed by atoms with Crippen molar-refractivity contribution < 1.29 is 18.3 Å². The van der Waals surface area contributed by atoms with E-state index in [1.807, 2.05) is 0 Å². The fourth-order valence-electron chi connectivity index (χ4n) is 1.44. The summed E-state index contributed by atoms with van der Waals surface area (Å²) in [5.41, 5.74) is 0.587. The highest BCUT2D eigenvalue weighted by Gasteiger charge is 2.09. The molecule has 0 saturated carbocycles. The average Bonchev–Trinajstić information content (AvgIpc) is 2.40. The van der Waals surface area contributed by atoms with Crippen LogP contribution < -0.4 is 10.1 Å². The van der Waals surface area contributed by atoms with Gasteiger partial charge in [-0.1, -0.05) is 11.6 Å². The van der Waals surface area contributed by atoms with Gasteiger partial charge in [-0.05, 0) is 36.4 Å². The summed E-state index contributed by atoms with van der Waals surface area (Å²) in [5.74, 6) is -0.436. The van der Waals surface area contributed by atoms with Gasteiger partial charge in [0.25, 0.3) is 5.91 Å². The van der Waals surface area contributed by atoms with Crippen molar-refractivity contribution in [2.45, 2.75) is 6.61 Å². The molecule has 0 fully saturated rings. The maximum atomic E-state index is 12.0. The van der Waals surface area contributed by atoms with Crippen LogP contribution in [0.1, 0.15) is 10.5 Å². The summed E-state index contributed by atoms with van der Waals surface area (Å²) < 4.78 is 28.2. The second-order valence-electron chi connectivity index (χ2n) is 3.72. The Labute approximate surface area is 118 Å². The first kappa shape index (κ1) is 14.2. The Hall–Kier alpha value is -2.21. The van der Waals surface area contributed by atoms with Crippen LogP contribution in [-0.2, 0) is 0 Å². The minimum absolute atomic E-state index is 0.0129. The van der Waals surface area contributed by atoms with Gasteiger partial charge in [0.05, 0.1) is 0 Å². The Balaban J connectivity index is 2.04. The third kappa shape index (κ3) is 3.89. The predicted molar refractivity (Wildman–Crippen MR) is 70.3 cm³/mol. The van der Waals surface area contributed by atoms with Gasteiger partial charge in [-0.25, -0.2) is 0 Å². The number of nitrogens with one attached hydrogen (secondary N) is 1. The van der Waals surface area contributed by atoms with E-state index < -0.39 is 12.5 Å². The fraction of sp³-hybridized carbons (Fsp3) is 0.0769. The van der Waals surface area contributed by atoms with E-state index in [2.05, 4.69) is 15.0 Å². The molecule has 0 unspecified atom stereocenters. The predicted octanol–water partition coefficient (Wildman–Crippen LogP) is 3.59. The van der Waals surface area contributed by atoms with Crippen LogP contribution in [0.3, 0.4) is 0 Å². The average molecular weight is 299 g/mol. The molecule has 2 aromatic rings. The SMILES string of the molecule is O=C(Nc1ccc(OC(F)F)cc1)c1cc(Cl)ccn1. The highest BCUT2D eigenvalue weighted by molar-refractivity contribution is 6.30. The van der Waals surface area contributed by atoms with E-state index in [1.165, 1.54) is 36.5 Å². The van der Waals surface area contributed by atoms with Gasteiger partial charge in [-0.15, -0.1) is 0 Å². The largest absolute Gasteiger partial charge is 0.435 e. The molecule has 0 saturated heterocycles. The van der Waals surface area contributed by atoms with Crippen molar-refractivity contribution in [2.24, 2.45) is 0 Å². The molecule has 20 heavy (non-hydrogen) atoms. The Morgan fingerprint density at radius 3 is 2.55 bits per heavy atom. The number of halogens is 3. The van der Waals surface area contributed by atoms with Gasteiger partial charge >= 0.3 is 6.61 Å². The minimum atomic E-state index is -2.88. The molecule has 0 aliphatic carbocycles. The number of pyridine rings is 1. The van der Waals surface area contributed by atoms with Crippen molar-refractivity contribution >= 4 is 23.2 Å². The van der Waals surface area contributed by atoms with Crippen LogP contribution in [0.25, 0.3) is 0 Å². The van der Waals surface area contributed by atoms with Crippen LogP contribution in [0.4, 0.5) is 14.5 Å². The number of carbonyl (C=O) groups excluding carboxylic acids is 1. The highest BCUT2D eigenvalue weighted by Crippen LogP contribution is 2.18. The van der Waals surface area contributed by atoms with Crippen molar-refractivity contribution in [3.05, 3.63) is 53.3 Å². The topological polar surface area (TPSA) is 51.2 Å². The summed E-state index contributed by atoms with van der Waals surface area (Å²) >= 11 is 5.75. The second-order valence-corrected chi connectivity index (χ2v) is 4.15. The first-order valence-electron chi connectivity index (χ1n) is 5.52. The second kappa shape index (κ2) is 6.29. The molecule has 1 heterocycles. The third-order valence-electron chi connectivity index (χ3n) is 2.29. The molecule has 0 radical (unpaired) electrons. The number of anilines is 1. The van der Waals surface area contributed by atoms with Crippen molar-refractivity contribution in [1.29, 1.82) is 0 Å². The van der Waals surface area contributed by atoms with Crippen LogP contribution in [0.5, 0.6) is 5.75 Å². The molecule has 2 rings (SSSR count). The number of hydrogen-bond acceptors (Lipinski definition) is 3. The molecule has 0 atom stereocenters. The number of ether oxygens (including phenoxy) is 1. The summed E-state index contributed by atoms with van der Waals surface area (Å²) in [6, 6.07) is 8.51. The Morgan fingerprint density at radius 1 is 1.25 bits per heavy atom. The van der Waals surface area contributed by atoms with Crippen molar-refractivity contribution in [3.8, 4) is 5.75 Å². The number of amides is 1. The quantitative estimate of drug-likeness (QED) is 0.938. The Kier molecular flexibility index (Phi) is 4.47. The lowest BCUT2D eigenvalue weighted by molar-refractivity contribution is -0.0498. The lowest BCUT2D eigenvalue weighted by atomic mass is 10.3. The fourth-order valence-corrected chi connectivity index (χ4v) is 1.60. The monoisotopic (exact) mass is 298 g/mol. The summed E-state index contributed by atoms with van der Waals surface area (Å²) in [5, 5.41) is 2.96. The lowest BCUT2D eigenvalue weighted by Gasteiger charge is -2.07. The van der Waals surface area contributed by atoms with E-state index in [9.17, 15) is 13.6 Å². The molecule has 1 N–H and O–H groups in total. The molecule has 104 valence electrons. The number of alkyl halides is 2. The molecule has 0 aliphatic rings. The molecule has 1 aromatic heterocycles. The van der Waals surface area contributed by atoms with Gasteiger partial charge < -0.3 is 10.1 Å². The van der Waals surface area contributed by atoms with Gasteiger partial charge in [0.2, 0.25) is 0 Å². The van der Waals surface area contributed by atoms with Crippen LogP contribution in [-0.4, -0.2) is 17.5 Å². The minimum Gasteiger partial charge on any atom is -0.435 e. The molecule has 0 bridgehead atoms. The Bertz CT molecular complexity index is 606. The number of nitrogens with zero attached hydrogens (tertiary/aromatic N) is 1. The molecular weight excluding hydrogens is 290 g/mol. The zero-order chi connectivity index (χ0) is 14.5. The summed E-state index contributed by atoms with van der Waals surface area (Å²) in [4.78, 5) is 15.7. The van der Waals surface area contributed by atoms with Crippen LogP contribution in [0, 0.1) is 0 Å². The van der Waals surface area contributed by atoms with E-state index in [1.54, 1.807) is 6.07 Å². The van der Waals surface area contributed by atoms with Crippen molar-refractivity contribution in [3.63, 3.8) is 0 Å². The van der Waals surface area contributed by atoms with E-state index >= 15 is 0 Å².